The van der Waals surface area contributed by atoms with Crippen LogP contribution in [0.1, 0.15) is 16.1 Å². The molecule has 0 bridgehead atoms. The van der Waals surface area contributed by atoms with E-state index in [1.807, 2.05) is 5.38 Å². The van der Waals surface area contributed by atoms with Crippen molar-refractivity contribution in [2.75, 3.05) is 0 Å². The number of pyridine rings is 1. The first kappa shape index (κ1) is 11.1. The first-order chi connectivity index (χ1) is 7.75. The first-order valence-electron chi connectivity index (χ1n) is 4.46. The minimum Gasteiger partial charge on any atom is -0.478 e. The van der Waals surface area contributed by atoms with E-state index in [-0.39, 0.29) is 5.56 Å². The Morgan fingerprint density at radius 1 is 1.44 bits per heavy atom. The van der Waals surface area contributed by atoms with Crippen LogP contribution in [0.3, 0.4) is 0 Å². The number of rotatable bonds is 4. The Morgan fingerprint density at radius 2 is 2.31 bits per heavy atom. The number of hydrogen-bond acceptors (Lipinski definition) is 5. The number of nitrogens with zero attached hydrogens (tertiary/aromatic N) is 2. The number of hydrogen-bond donors (Lipinski definition) is 1. The third-order valence-corrected chi connectivity index (χ3v) is 3.82. The summed E-state index contributed by atoms with van der Waals surface area (Å²) < 4.78 is 0.990. The third kappa shape index (κ3) is 2.80. The highest BCUT2D eigenvalue weighted by atomic mass is 32.2. The van der Waals surface area contributed by atoms with Crippen LogP contribution in [-0.4, -0.2) is 21.0 Å². The lowest BCUT2D eigenvalue weighted by atomic mass is 10.2. The number of carboxylic acids is 1. The summed E-state index contributed by atoms with van der Waals surface area (Å²) in [7, 11) is 0. The molecule has 2 heterocycles. The van der Waals surface area contributed by atoms with Gasteiger partial charge in [0.05, 0.1) is 11.3 Å². The van der Waals surface area contributed by atoms with Crippen molar-refractivity contribution < 1.29 is 9.90 Å². The van der Waals surface area contributed by atoms with E-state index < -0.39 is 5.97 Å². The minimum absolute atomic E-state index is 0.211. The van der Waals surface area contributed by atoms with Gasteiger partial charge in [0.1, 0.15) is 4.34 Å². The topological polar surface area (TPSA) is 63.1 Å². The SMILES string of the molecule is O=C(O)c1ccc(CSc2nccs2)nc1. The number of carbonyl (C=O) groups is 1. The Bertz CT molecular complexity index is 468. The van der Waals surface area contributed by atoms with Gasteiger partial charge in [-0.3, -0.25) is 4.98 Å². The van der Waals surface area contributed by atoms with E-state index in [1.165, 1.54) is 6.20 Å². The van der Waals surface area contributed by atoms with Crippen LogP contribution >= 0.6 is 23.1 Å². The zero-order valence-corrected chi connectivity index (χ0v) is 9.79. The standard InChI is InChI=1S/C10H8N2O2S2/c13-9(14)7-1-2-8(12-5-7)6-16-10-11-3-4-15-10/h1-5H,6H2,(H,13,14). The zero-order chi connectivity index (χ0) is 11.4. The number of thiazole rings is 1. The van der Waals surface area contributed by atoms with E-state index in [1.54, 1.807) is 41.4 Å². The van der Waals surface area contributed by atoms with Crippen molar-refractivity contribution in [2.45, 2.75) is 10.1 Å². The van der Waals surface area contributed by atoms with Crippen LogP contribution < -0.4 is 0 Å². The van der Waals surface area contributed by atoms with Gasteiger partial charge in [-0.1, -0.05) is 11.8 Å². The van der Waals surface area contributed by atoms with E-state index in [4.69, 9.17) is 5.11 Å². The Hall–Kier alpha value is -1.40. The molecule has 0 aliphatic heterocycles. The lowest BCUT2D eigenvalue weighted by Crippen LogP contribution is -1.97. The van der Waals surface area contributed by atoms with Gasteiger partial charge in [0.25, 0.3) is 0 Å². The Labute approximate surface area is 100 Å². The minimum atomic E-state index is -0.952. The van der Waals surface area contributed by atoms with Gasteiger partial charge >= 0.3 is 5.97 Å². The molecule has 0 aromatic carbocycles. The molecule has 1 N–H and O–H groups in total. The average molecular weight is 252 g/mol. The summed E-state index contributed by atoms with van der Waals surface area (Å²) in [6.07, 6.45) is 3.13. The molecule has 0 amide bonds. The van der Waals surface area contributed by atoms with Crippen LogP contribution in [0, 0.1) is 0 Å². The Balaban J connectivity index is 1.98. The van der Waals surface area contributed by atoms with Gasteiger partial charge in [-0.15, -0.1) is 11.3 Å². The van der Waals surface area contributed by atoms with E-state index in [0.29, 0.717) is 5.75 Å². The number of aromatic carboxylic acids is 1. The molecule has 0 radical (unpaired) electrons. The predicted octanol–water partition coefficient (Wildman–Crippen LogP) is 2.53. The number of carboxylic acid groups (broad SMARTS) is 1. The Kier molecular flexibility index (Phi) is 3.53. The quantitative estimate of drug-likeness (QED) is 0.847. The summed E-state index contributed by atoms with van der Waals surface area (Å²) >= 11 is 3.17. The molecule has 82 valence electrons. The average Bonchev–Trinajstić information content (AvgIpc) is 2.80. The molecule has 0 aliphatic carbocycles. The van der Waals surface area contributed by atoms with Crippen LogP contribution in [0.4, 0.5) is 0 Å². The molecule has 0 aliphatic rings. The fraction of sp³-hybridized carbons (Fsp3) is 0.100. The highest BCUT2D eigenvalue weighted by Crippen LogP contribution is 2.23. The second kappa shape index (κ2) is 5.09. The predicted molar refractivity (Wildman–Crippen MR) is 62.9 cm³/mol. The number of aromatic nitrogens is 2. The van der Waals surface area contributed by atoms with E-state index in [2.05, 4.69) is 9.97 Å². The second-order valence-electron chi connectivity index (χ2n) is 2.93. The Morgan fingerprint density at radius 3 is 2.88 bits per heavy atom. The van der Waals surface area contributed by atoms with Gasteiger partial charge in [-0.2, -0.15) is 0 Å². The molecule has 4 nitrogen and oxygen atoms in total. The van der Waals surface area contributed by atoms with E-state index in [0.717, 1.165) is 10.0 Å². The highest BCUT2D eigenvalue weighted by Gasteiger charge is 2.03. The van der Waals surface area contributed by atoms with Crippen molar-refractivity contribution in [3.63, 3.8) is 0 Å². The van der Waals surface area contributed by atoms with Crippen molar-refractivity contribution in [2.24, 2.45) is 0 Å². The molecular formula is C10H8N2O2S2. The van der Waals surface area contributed by atoms with Gasteiger partial charge in [-0.25, -0.2) is 9.78 Å². The van der Waals surface area contributed by atoms with Crippen molar-refractivity contribution in [3.05, 3.63) is 41.2 Å². The molecule has 2 aromatic rings. The lowest BCUT2D eigenvalue weighted by Gasteiger charge is -1.98. The van der Waals surface area contributed by atoms with Crippen LogP contribution in [-0.2, 0) is 5.75 Å². The molecule has 2 aromatic heterocycles. The van der Waals surface area contributed by atoms with Crippen LogP contribution in [0.25, 0.3) is 0 Å². The van der Waals surface area contributed by atoms with Crippen molar-refractivity contribution >= 4 is 29.1 Å². The maximum absolute atomic E-state index is 10.6. The summed E-state index contributed by atoms with van der Waals surface area (Å²) in [4.78, 5) is 18.8. The van der Waals surface area contributed by atoms with Gasteiger partial charge < -0.3 is 5.11 Å². The molecule has 16 heavy (non-hydrogen) atoms. The van der Waals surface area contributed by atoms with Gasteiger partial charge in [0.2, 0.25) is 0 Å². The highest BCUT2D eigenvalue weighted by molar-refractivity contribution is 8.00. The smallest absolute Gasteiger partial charge is 0.337 e. The van der Waals surface area contributed by atoms with Crippen LogP contribution in [0.15, 0.2) is 34.2 Å². The molecule has 0 fully saturated rings. The molecular weight excluding hydrogens is 244 g/mol. The largest absolute Gasteiger partial charge is 0.478 e. The summed E-state index contributed by atoms with van der Waals surface area (Å²) in [6, 6.07) is 3.29. The maximum atomic E-state index is 10.6. The first-order valence-corrected chi connectivity index (χ1v) is 6.33. The van der Waals surface area contributed by atoms with Crippen LogP contribution in [0.2, 0.25) is 0 Å². The fourth-order valence-electron chi connectivity index (χ4n) is 1.05. The molecule has 0 spiro atoms. The normalized spacial score (nSPS) is 10.2. The molecule has 6 heteroatoms. The van der Waals surface area contributed by atoms with Crippen molar-refractivity contribution in [1.82, 2.24) is 9.97 Å². The maximum Gasteiger partial charge on any atom is 0.337 e. The summed E-state index contributed by atoms with van der Waals surface area (Å²) in [5.74, 6) is -0.250. The second-order valence-corrected chi connectivity index (χ2v) is 5.05. The molecule has 2 rings (SSSR count). The summed E-state index contributed by atoms with van der Waals surface area (Å²) in [5.41, 5.74) is 1.06. The molecule has 0 atom stereocenters. The monoisotopic (exact) mass is 252 g/mol. The van der Waals surface area contributed by atoms with Crippen molar-refractivity contribution in [1.29, 1.82) is 0 Å². The zero-order valence-electron chi connectivity index (χ0n) is 8.16. The van der Waals surface area contributed by atoms with Crippen molar-refractivity contribution in [3.8, 4) is 0 Å². The summed E-state index contributed by atoms with van der Waals surface area (Å²) in [5, 5.41) is 10.6. The van der Waals surface area contributed by atoms with E-state index >= 15 is 0 Å². The molecule has 0 saturated heterocycles. The number of thioether (sulfide) groups is 1. The molecule has 0 unspecified atom stereocenters. The third-order valence-electron chi connectivity index (χ3n) is 1.82. The van der Waals surface area contributed by atoms with Gasteiger partial charge in [-0.05, 0) is 12.1 Å². The fourth-order valence-corrected chi connectivity index (χ4v) is 2.61. The van der Waals surface area contributed by atoms with Gasteiger partial charge in [0, 0.05) is 23.5 Å². The lowest BCUT2D eigenvalue weighted by molar-refractivity contribution is 0.0696. The van der Waals surface area contributed by atoms with Gasteiger partial charge in [0.15, 0.2) is 0 Å². The van der Waals surface area contributed by atoms with Crippen LogP contribution in [0.5, 0.6) is 0 Å². The van der Waals surface area contributed by atoms with E-state index in [9.17, 15) is 4.79 Å². The molecule has 0 saturated carbocycles. The summed E-state index contributed by atoms with van der Waals surface area (Å²) in [6.45, 7) is 0.